The molecule has 27 heavy (non-hydrogen) atoms. The van der Waals surface area contributed by atoms with Crippen LogP contribution >= 0.6 is 11.3 Å². The first-order valence-electron chi connectivity index (χ1n) is 8.24. The van der Waals surface area contributed by atoms with E-state index in [1.54, 1.807) is 23.6 Å². The number of alkyl halides is 3. The maximum Gasteiger partial charge on any atom is 0.422 e. The number of rotatable bonds is 5. The second-order valence-electron chi connectivity index (χ2n) is 5.87. The number of ether oxygens (including phenoxy) is 1. The average molecular weight is 400 g/mol. The van der Waals surface area contributed by atoms with Gasteiger partial charge in [0.15, 0.2) is 17.7 Å². The SMILES string of the molecule is NC(=NCc1ccnc(OCC(F)(F)F)c1)N1CCN(c2nccs2)CC1. The molecule has 0 atom stereocenters. The number of anilines is 1. The number of aliphatic imine (C=N–C) groups is 1. The van der Waals surface area contributed by atoms with Crippen LogP contribution in [-0.2, 0) is 6.54 Å². The van der Waals surface area contributed by atoms with E-state index >= 15 is 0 Å². The number of hydrogen-bond acceptors (Lipinski definition) is 6. The summed E-state index contributed by atoms with van der Waals surface area (Å²) in [7, 11) is 0. The summed E-state index contributed by atoms with van der Waals surface area (Å²) in [5, 5.41) is 2.94. The molecular weight excluding hydrogens is 381 g/mol. The minimum atomic E-state index is -4.40. The van der Waals surface area contributed by atoms with Crippen LogP contribution in [0.2, 0.25) is 0 Å². The number of nitrogens with zero attached hydrogens (tertiary/aromatic N) is 5. The number of piperazine rings is 1. The normalized spacial score (nSPS) is 15.9. The molecule has 1 saturated heterocycles. The maximum absolute atomic E-state index is 12.2. The monoisotopic (exact) mass is 400 g/mol. The lowest BCUT2D eigenvalue weighted by atomic mass is 10.3. The zero-order valence-corrected chi connectivity index (χ0v) is 15.2. The van der Waals surface area contributed by atoms with Crippen LogP contribution in [0.3, 0.4) is 0 Å². The third kappa shape index (κ3) is 5.71. The quantitative estimate of drug-likeness (QED) is 0.612. The lowest BCUT2D eigenvalue weighted by molar-refractivity contribution is -0.154. The highest BCUT2D eigenvalue weighted by atomic mass is 32.1. The molecular formula is C16H19F3N6OS. The number of nitrogens with two attached hydrogens (primary N) is 1. The van der Waals surface area contributed by atoms with Gasteiger partial charge in [0.1, 0.15) is 0 Å². The Hall–Kier alpha value is -2.56. The molecule has 1 aliphatic rings. The van der Waals surface area contributed by atoms with Crippen LogP contribution in [0, 0.1) is 0 Å². The summed E-state index contributed by atoms with van der Waals surface area (Å²) in [5.41, 5.74) is 6.74. The summed E-state index contributed by atoms with van der Waals surface area (Å²) >= 11 is 1.60. The highest BCUT2D eigenvalue weighted by molar-refractivity contribution is 7.13. The van der Waals surface area contributed by atoms with Crippen molar-refractivity contribution in [3.8, 4) is 5.88 Å². The van der Waals surface area contributed by atoms with E-state index in [-0.39, 0.29) is 12.4 Å². The van der Waals surface area contributed by atoms with Gasteiger partial charge in [-0.05, 0) is 11.6 Å². The van der Waals surface area contributed by atoms with E-state index in [4.69, 9.17) is 5.73 Å². The summed E-state index contributed by atoms with van der Waals surface area (Å²) in [6.45, 7) is 1.92. The van der Waals surface area contributed by atoms with Crippen LogP contribution in [-0.4, -0.2) is 59.8 Å². The zero-order valence-electron chi connectivity index (χ0n) is 14.4. The molecule has 146 valence electrons. The van der Waals surface area contributed by atoms with E-state index in [0.717, 1.165) is 31.3 Å². The largest absolute Gasteiger partial charge is 0.468 e. The van der Waals surface area contributed by atoms with Crippen LogP contribution in [0.25, 0.3) is 0 Å². The number of hydrogen-bond donors (Lipinski definition) is 1. The Kier molecular flexibility index (Phi) is 5.99. The Bertz CT molecular complexity index is 760. The highest BCUT2D eigenvalue weighted by Gasteiger charge is 2.28. The summed E-state index contributed by atoms with van der Waals surface area (Å²) in [5.74, 6) is 0.319. The predicted molar refractivity (Wildman–Crippen MR) is 97.0 cm³/mol. The molecule has 0 aromatic carbocycles. The summed E-state index contributed by atoms with van der Waals surface area (Å²) < 4.78 is 41.3. The lowest BCUT2D eigenvalue weighted by Gasteiger charge is -2.35. The summed E-state index contributed by atoms with van der Waals surface area (Å²) in [6, 6.07) is 3.10. The van der Waals surface area contributed by atoms with E-state index < -0.39 is 12.8 Å². The molecule has 2 aromatic heterocycles. The minimum Gasteiger partial charge on any atom is -0.468 e. The Morgan fingerprint density at radius 1 is 1.22 bits per heavy atom. The third-order valence-corrected chi connectivity index (χ3v) is 4.73. The number of pyridine rings is 1. The second kappa shape index (κ2) is 8.42. The molecule has 0 bridgehead atoms. The van der Waals surface area contributed by atoms with Crippen LogP contribution in [0.1, 0.15) is 5.56 Å². The van der Waals surface area contributed by atoms with Crippen molar-refractivity contribution in [2.24, 2.45) is 10.7 Å². The number of halogens is 3. The molecule has 0 radical (unpaired) electrons. The van der Waals surface area contributed by atoms with E-state index in [1.165, 1.54) is 12.3 Å². The third-order valence-electron chi connectivity index (χ3n) is 3.90. The van der Waals surface area contributed by atoms with Crippen LogP contribution in [0.4, 0.5) is 18.3 Å². The van der Waals surface area contributed by atoms with E-state index in [0.29, 0.717) is 11.5 Å². The number of thiazole rings is 1. The Labute approximate surface area is 158 Å². The van der Waals surface area contributed by atoms with Gasteiger partial charge in [-0.25, -0.2) is 15.0 Å². The Morgan fingerprint density at radius 2 is 2.00 bits per heavy atom. The van der Waals surface area contributed by atoms with Gasteiger partial charge in [-0.3, -0.25) is 0 Å². The van der Waals surface area contributed by atoms with Crippen molar-refractivity contribution in [3.05, 3.63) is 35.5 Å². The first kappa shape index (κ1) is 19.2. The molecule has 1 aliphatic heterocycles. The van der Waals surface area contributed by atoms with Gasteiger partial charge in [0, 0.05) is 50.0 Å². The highest BCUT2D eigenvalue weighted by Crippen LogP contribution is 2.19. The predicted octanol–water partition coefficient (Wildman–Crippen LogP) is 2.12. The van der Waals surface area contributed by atoms with E-state index in [2.05, 4.69) is 24.6 Å². The molecule has 3 rings (SSSR count). The summed E-state index contributed by atoms with van der Waals surface area (Å²) in [4.78, 5) is 16.6. The van der Waals surface area contributed by atoms with Gasteiger partial charge < -0.3 is 20.3 Å². The molecule has 2 N–H and O–H groups in total. The first-order valence-corrected chi connectivity index (χ1v) is 9.12. The summed E-state index contributed by atoms with van der Waals surface area (Å²) in [6.07, 6.45) is -1.23. The van der Waals surface area contributed by atoms with Gasteiger partial charge in [0.05, 0.1) is 6.54 Å². The van der Waals surface area contributed by atoms with Gasteiger partial charge in [-0.1, -0.05) is 0 Å². The fourth-order valence-corrected chi connectivity index (χ4v) is 3.25. The van der Waals surface area contributed by atoms with Gasteiger partial charge in [-0.15, -0.1) is 11.3 Å². The number of aromatic nitrogens is 2. The number of guanidine groups is 1. The van der Waals surface area contributed by atoms with Crippen molar-refractivity contribution in [2.45, 2.75) is 12.7 Å². The van der Waals surface area contributed by atoms with Gasteiger partial charge in [0.25, 0.3) is 0 Å². The fraction of sp³-hybridized carbons (Fsp3) is 0.438. The Balaban J connectivity index is 1.52. The zero-order chi connectivity index (χ0) is 19.3. The smallest absolute Gasteiger partial charge is 0.422 e. The van der Waals surface area contributed by atoms with E-state index in [1.807, 2.05) is 10.3 Å². The molecule has 0 saturated carbocycles. The second-order valence-corrected chi connectivity index (χ2v) is 6.74. The minimum absolute atomic E-state index is 0.0874. The molecule has 0 aliphatic carbocycles. The fourth-order valence-electron chi connectivity index (χ4n) is 2.55. The Morgan fingerprint density at radius 3 is 2.67 bits per heavy atom. The van der Waals surface area contributed by atoms with Crippen LogP contribution in [0.15, 0.2) is 34.9 Å². The van der Waals surface area contributed by atoms with Crippen molar-refractivity contribution in [1.82, 2.24) is 14.9 Å². The van der Waals surface area contributed by atoms with Crippen molar-refractivity contribution < 1.29 is 17.9 Å². The molecule has 11 heteroatoms. The van der Waals surface area contributed by atoms with Crippen molar-refractivity contribution in [2.75, 3.05) is 37.7 Å². The van der Waals surface area contributed by atoms with Crippen molar-refractivity contribution in [3.63, 3.8) is 0 Å². The topological polar surface area (TPSA) is 79.9 Å². The molecule has 0 spiro atoms. The van der Waals surface area contributed by atoms with Crippen molar-refractivity contribution in [1.29, 1.82) is 0 Å². The van der Waals surface area contributed by atoms with Gasteiger partial charge in [0.2, 0.25) is 5.88 Å². The van der Waals surface area contributed by atoms with Crippen LogP contribution in [0.5, 0.6) is 5.88 Å². The molecule has 0 unspecified atom stereocenters. The van der Waals surface area contributed by atoms with Crippen LogP contribution < -0.4 is 15.4 Å². The van der Waals surface area contributed by atoms with Gasteiger partial charge >= 0.3 is 6.18 Å². The average Bonchev–Trinajstić information content (AvgIpc) is 3.19. The molecule has 2 aromatic rings. The standard InChI is InChI=1S/C16H19F3N6OS/c17-16(18,19)11-26-13-9-12(1-2-21-13)10-23-14(20)24-4-6-25(7-5-24)15-22-3-8-27-15/h1-3,8-9H,4-7,10-11H2,(H2,20,23). The molecule has 1 fully saturated rings. The lowest BCUT2D eigenvalue weighted by Crippen LogP contribution is -2.51. The maximum atomic E-state index is 12.2. The first-order chi connectivity index (χ1) is 12.9. The van der Waals surface area contributed by atoms with Crippen molar-refractivity contribution >= 4 is 22.4 Å². The molecule has 0 amide bonds. The molecule has 3 heterocycles. The van der Waals surface area contributed by atoms with Gasteiger partial charge in [-0.2, -0.15) is 13.2 Å². The van der Waals surface area contributed by atoms with E-state index in [9.17, 15) is 13.2 Å². The molecule has 7 nitrogen and oxygen atoms in total.